The summed E-state index contributed by atoms with van der Waals surface area (Å²) in [5, 5.41) is 0. The minimum Gasteiger partial charge on any atom is -0.345 e. The Labute approximate surface area is 140 Å². The summed E-state index contributed by atoms with van der Waals surface area (Å²) >= 11 is 1.72. The Morgan fingerprint density at radius 2 is 1.83 bits per heavy atom. The fraction of sp³-hybridized carbons (Fsp3) is 0.222. The lowest BCUT2D eigenvalue weighted by atomic mass is 10.1. The number of rotatable bonds is 3. The van der Waals surface area contributed by atoms with Gasteiger partial charge in [-0.15, -0.1) is 11.8 Å². The summed E-state index contributed by atoms with van der Waals surface area (Å²) in [5.74, 6) is 0.904. The lowest BCUT2D eigenvalue weighted by Gasteiger charge is -2.11. The molecule has 0 aliphatic rings. The maximum Gasteiger partial charge on any atom is 0.253 e. The van der Waals surface area contributed by atoms with Gasteiger partial charge in [0, 0.05) is 30.2 Å². The van der Waals surface area contributed by atoms with E-state index in [0.717, 1.165) is 22.5 Å². The first-order valence-corrected chi connectivity index (χ1v) is 8.59. The minimum atomic E-state index is -0.00460. The first-order valence-electron chi connectivity index (χ1n) is 7.36. The van der Waals surface area contributed by atoms with Crippen LogP contribution in [-0.4, -0.2) is 40.7 Å². The van der Waals surface area contributed by atoms with Gasteiger partial charge in [0.15, 0.2) is 0 Å². The van der Waals surface area contributed by atoms with Gasteiger partial charge in [0.2, 0.25) is 0 Å². The molecule has 5 heteroatoms. The van der Waals surface area contributed by atoms with E-state index in [1.54, 1.807) is 30.8 Å². The average molecular weight is 325 g/mol. The van der Waals surface area contributed by atoms with Crippen LogP contribution in [0.3, 0.4) is 0 Å². The molecule has 1 heterocycles. The quantitative estimate of drug-likeness (QED) is 0.688. The molecule has 0 saturated carbocycles. The van der Waals surface area contributed by atoms with Crippen molar-refractivity contribution >= 4 is 28.7 Å². The number of nitrogens with zero attached hydrogens (tertiary/aromatic N) is 3. The zero-order valence-corrected chi connectivity index (χ0v) is 14.5. The Hall–Kier alpha value is -2.27. The van der Waals surface area contributed by atoms with Gasteiger partial charge in [-0.05, 0) is 55.6 Å². The molecular formula is C18H19N3OS. The first kappa shape index (κ1) is 15.6. The molecule has 0 N–H and O–H groups in total. The van der Waals surface area contributed by atoms with Crippen molar-refractivity contribution < 1.29 is 4.79 Å². The number of fused-ring (bicyclic) bond motifs is 1. The van der Waals surface area contributed by atoms with Crippen LogP contribution < -0.4 is 0 Å². The molecule has 118 valence electrons. The number of hydrogen-bond acceptors (Lipinski definition) is 3. The highest BCUT2D eigenvalue weighted by molar-refractivity contribution is 7.98. The van der Waals surface area contributed by atoms with Gasteiger partial charge < -0.3 is 4.90 Å². The van der Waals surface area contributed by atoms with Gasteiger partial charge in [-0.1, -0.05) is 0 Å². The first-order chi connectivity index (χ1) is 11.0. The molecule has 0 bridgehead atoms. The molecule has 0 fully saturated rings. The Bertz CT molecular complexity index is 866. The van der Waals surface area contributed by atoms with E-state index in [2.05, 4.69) is 40.1 Å². The highest BCUT2D eigenvalue weighted by Crippen LogP contribution is 2.24. The molecule has 0 aliphatic carbocycles. The lowest BCUT2D eigenvalue weighted by molar-refractivity contribution is 0.0827. The number of aromatic nitrogens is 2. The molecule has 3 aromatic rings. The van der Waals surface area contributed by atoms with Gasteiger partial charge in [0.05, 0.1) is 11.0 Å². The van der Waals surface area contributed by atoms with E-state index in [9.17, 15) is 4.79 Å². The van der Waals surface area contributed by atoms with Crippen molar-refractivity contribution in [3.05, 3.63) is 53.9 Å². The van der Waals surface area contributed by atoms with Crippen LogP contribution in [0.5, 0.6) is 0 Å². The van der Waals surface area contributed by atoms with E-state index in [1.807, 2.05) is 25.1 Å². The second kappa shape index (κ2) is 6.08. The zero-order chi connectivity index (χ0) is 16.6. The molecule has 23 heavy (non-hydrogen) atoms. The predicted octanol–water partition coefficient (Wildman–Crippen LogP) is 3.76. The maximum absolute atomic E-state index is 12.2. The topological polar surface area (TPSA) is 38.1 Å². The van der Waals surface area contributed by atoms with Crippen LogP contribution in [0.2, 0.25) is 0 Å². The van der Waals surface area contributed by atoms with Crippen LogP contribution in [0.25, 0.3) is 16.7 Å². The van der Waals surface area contributed by atoms with Crippen molar-refractivity contribution in [2.75, 3.05) is 20.4 Å². The van der Waals surface area contributed by atoms with Crippen molar-refractivity contribution in [1.82, 2.24) is 14.5 Å². The molecule has 3 rings (SSSR count). The molecule has 0 atom stereocenters. The van der Waals surface area contributed by atoms with Crippen molar-refractivity contribution in [2.24, 2.45) is 0 Å². The van der Waals surface area contributed by atoms with E-state index >= 15 is 0 Å². The lowest BCUT2D eigenvalue weighted by Crippen LogP contribution is -2.21. The largest absolute Gasteiger partial charge is 0.345 e. The fourth-order valence-electron chi connectivity index (χ4n) is 2.64. The highest BCUT2D eigenvalue weighted by Gasteiger charge is 2.14. The van der Waals surface area contributed by atoms with E-state index < -0.39 is 0 Å². The van der Waals surface area contributed by atoms with Crippen molar-refractivity contribution in [3.8, 4) is 5.69 Å². The number of carbonyl (C=O) groups is 1. The molecule has 0 unspecified atom stereocenters. The molecule has 0 saturated heterocycles. The molecule has 4 nitrogen and oxygen atoms in total. The second-order valence-electron chi connectivity index (χ2n) is 5.60. The molecule has 0 aliphatic heterocycles. The summed E-state index contributed by atoms with van der Waals surface area (Å²) in [6.07, 6.45) is 2.06. The Balaban J connectivity index is 2.16. The number of benzene rings is 2. The van der Waals surface area contributed by atoms with Gasteiger partial charge in [-0.2, -0.15) is 0 Å². The SMILES string of the molecule is CSc1ccc(-n2c(C)nc3ccc(C(=O)N(C)C)cc32)cc1. The predicted molar refractivity (Wildman–Crippen MR) is 95.6 cm³/mol. The van der Waals surface area contributed by atoms with E-state index in [4.69, 9.17) is 0 Å². The van der Waals surface area contributed by atoms with Gasteiger partial charge in [-0.25, -0.2) is 4.98 Å². The Kier molecular flexibility index (Phi) is 4.13. The van der Waals surface area contributed by atoms with E-state index in [1.165, 1.54) is 4.90 Å². The maximum atomic E-state index is 12.2. The molecule has 0 spiro atoms. The number of imidazole rings is 1. The second-order valence-corrected chi connectivity index (χ2v) is 6.48. The summed E-state index contributed by atoms with van der Waals surface area (Å²) in [5.41, 5.74) is 3.57. The third-order valence-electron chi connectivity index (χ3n) is 3.81. The summed E-state index contributed by atoms with van der Waals surface area (Å²) in [6.45, 7) is 1.98. The normalized spacial score (nSPS) is 11.0. The molecule has 2 aromatic carbocycles. The van der Waals surface area contributed by atoms with Gasteiger partial charge in [-0.3, -0.25) is 9.36 Å². The summed E-state index contributed by atoms with van der Waals surface area (Å²) in [6, 6.07) is 14.0. The molecular weight excluding hydrogens is 306 g/mol. The third-order valence-corrected chi connectivity index (χ3v) is 4.55. The van der Waals surface area contributed by atoms with Crippen LogP contribution in [0.4, 0.5) is 0 Å². The third kappa shape index (κ3) is 2.84. The van der Waals surface area contributed by atoms with Crippen LogP contribution in [0.1, 0.15) is 16.2 Å². The Morgan fingerprint density at radius 1 is 1.13 bits per heavy atom. The standard InChI is InChI=1S/C18H19N3OS/c1-12-19-16-10-5-13(18(22)20(2)3)11-17(16)21(12)14-6-8-15(23-4)9-7-14/h5-11H,1-4H3. The van der Waals surface area contributed by atoms with Gasteiger partial charge >= 0.3 is 0 Å². The number of aryl methyl sites for hydroxylation is 1. The highest BCUT2D eigenvalue weighted by atomic mass is 32.2. The number of carbonyl (C=O) groups excluding carboxylic acids is 1. The Morgan fingerprint density at radius 3 is 2.43 bits per heavy atom. The zero-order valence-electron chi connectivity index (χ0n) is 13.7. The van der Waals surface area contributed by atoms with Crippen LogP contribution in [-0.2, 0) is 0 Å². The van der Waals surface area contributed by atoms with E-state index in [-0.39, 0.29) is 5.91 Å². The molecule has 1 amide bonds. The fourth-order valence-corrected chi connectivity index (χ4v) is 3.05. The summed E-state index contributed by atoms with van der Waals surface area (Å²) in [4.78, 5) is 19.6. The van der Waals surface area contributed by atoms with E-state index in [0.29, 0.717) is 5.56 Å². The average Bonchev–Trinajstić information content (AvgIpc) is 2.89. The van der Waals surface area contributed by atoms with Crippen LogP contribution in [0, 0.1) is 6.92 Å². The van der Waals surface area contributed by atoms with Crippen LogP contribution >= 0.6 is 11.8 Å². The number of hydrogen-bond donors (Lipinski definition) is 0. The van der Waals surface area contributed by atoms with Gasteiger partial charge in [0.1, 0.15) is 5.82 Å². The number of amides is 1. The smallest absolute Gasteiger partial charge is 0.253 e. The van der Waals surface area contributed by atoms with Crippen molar-refractivity contribution in [1.29, 1.82) is 0 Å². The summed E-state index contributed by atoms with van der Waals surface area (Å²) < 4.78 is 2.09. The monoisotopic (exact) mass is 325 g/mol. The van der Waals surface area contributed by atoms with Crippen molar-refractivity contribution in [3.63, 3.8) is 0 Å². The summed E-state index contributed by atoms with van der Waals surface area (Å²) in [7, 11) is 3.52. The molecule has 0 radical (unpaired) electrons. The van der Waals surface area contributed by atoms with Gasteiger partial charge in [0.25, 0.3) is 5.91 Å². The molecule has 1 aromatic heterocycles. The number of thioether (sulfide) groups is 1. The van der Waals surface area contributed by atoms with Crippen LogP contribution in [0.15, 0.2) is 47.4 Å². The van der Waals surface area contributed by atoms with Crippen molar-refractivity contribution in [2.45, 2.75) is 11.8 Å². The minimum absolute atomic E-state index is 0.00460.